The number of unbranched alkanes of at least 4 members (excludes halogenated alkanes) is 1. The number of fused-ring (bicyclic) bond motifs is 4. The molecule has 1 aliphatic heterocycles. The maximum absolute atomic E-state index is 13.8. The summed E-state index contributed by atoms with van der Waals surface area (Å²) < 4.78 is 0. The lowest BCUT2D eigenvalue weighted by molar-refractivity contribution is -0.125. The van der Waals surface area contributed by atoms with Gasteiger partial charge in [-0.1, -0.05) is 92.2 Å². The topological polar surface area (TPSA) is 49.4 Å². The van der Waals surface area contributed by atoms with Crippen LogP contribution in [0.1, 0.15) is 65.2 Å². The summed E-state index contributed by atoms with van der Waals surface area (Å²) in [5, 5.41) is 3.23. The Labute approximate surface area is 230 Å². The average Bonchev–Trinajstić information content (AvgIpc) is 3.47. The number of benzene rings is 4. The summed E-state index contributed by atoms with van der Waals surface area (Å²) in [6.07, 6.45) is 4.54. The van der Waals surface area contributed by atoms with Crippen molar-refractivity contribution < 1.29 is 9.59 Å². The fourth-order valence-corrected chi connectivity index (χ4v) is 6.37. The molecule has 1 heterocycles. The van der Waals surface area contributed by atoms with E-state index in [9.17, 15) is 9.59 Å². The van der Waals surface area contributed by atoms with Gasteiger partial charge in [0.25, 0.3) is 5.91 Å². The minimum Gasteiger partial charge on any atom is -0.355 e. The standard InChI is InChI=1S/C35H34N2O2/c1-2-23-36-34(39)35(31-16-7-5-14-29(31)30-15-6-8-17-32(30)35)22-10-9-11-25-18-20-27(21-19-25)37-24-26-12-3-4-13-28(26)33(37)38/h3-8,12-21H,2,9-11,22-24H2,1H3,(H,36,39). The van der Waals surface area contributed by atoms with Crippen molar-refractivity contribution in [1.82, 2.24) is 5.32 Å². The van der Waals surface area contributed by atoms with Crippen LogP contribution in [0, 0.1) is 0 Å². The zero-order chi connectivity index (χ0) is 26.8. The zero-order valence-corrected chi connectivity index (χ0v) is 22.5. The van der Waals surface area contributed by atoms with Crippen LogP contribution >= 0.6 is 0 Å². The third kappa shape index (κ3) is 4.34. The van der Waals surface area contributed by atoms with Gasteiger partial charge in [0.05, 0.1) is 6.54 Å². The quantitative estimate of drug-likeness (QED) is 0.243. The SMILES string of the molecule is CCCNC(=O)C1(CCCCc2ccc(N3Cc4ccccc4C3=O)cc2)c2ccccc2-c2ccccc21. The van der Waals surface area contributed by atoms with Gasteiger partial charge in [-0.2, -0.15) is 0 Å². The molecule has 39 heavy (non-hydrogen) atoms. The van der Waals surface area contributed by atoms with Gasteiger partial charge in [0, 0.05) is 17.8 Å². The zero-order valence-electron chi connectivity index (χ0n) is 22.5. The molecular weight excluding hydrogens is 480 g/mol. The van der Waals surface area contributed by atoms with Crippen LogP contribution in [0.15, 0.2) is 97.1 Å². The van der Waals surface area contributed by atoms with Crippen molar-refractivity contribution in [2.75, 3.05) is 11.4 Å². The van der Waals surface area contributed by atoms with Crippen LogP contribution < -0.4 is 10.2 Å². The Hall–Kier alpha value is -4.18. The Morgan fingerprint density at radius 3 is 2.05 bits per heavy atom. The van der Waals surface area contributed by atoms with E-state index in [1.807, 2.05) is 29.2 Å². The molecule has 0 atom stereocenters. The maximum atomic E-state index is 13.8. The number of hydrogen-bond donors (Lipinski definition) is 1. The van der Waals surface area contributed by atoms with Gasteiger partial charge in [0.15, 0.2) is 0 Å². The number of nitrogens with zero attached hydrogens (tertiary/aromatic N) is 1. The smallest absolute Gasteiger partial charge is 0.258 e. The van der Waals surface area contributed by atoms with E-state index in [4.69, 9.17) is 0 Å². The molecule has 0 unspecified atom stereocenters. The highest BCUT2D eigenvalue weighted by Gasteiger charge is 2.48. The highest BCUT2D eigenvalue weighted by molar-refractivity contribution is 6.10. The van der Waals surface area contributed by atoms with Crippen molar-refractivity contribution in [3.05, 3.63) is 125 Å². The van der Waals surface area contributed by atoms with Crippen molar-refractivity contribution in [2.24, 2.45) is 0 Å². The van der Waals surface area contributed by atoms with E-state index in [1.165, 1.54) is 16.7 Å². The number of carbonyl (C=O) groups is 2. The van der Waals surface area contributed by atoms with Gasteiger partial charge in [-0.15, -0.1) is 0 Å². The van der Waals surface area contributed by atoms with Gasteiger partial charge in [-0.3, -0.25) is 9.59 Å². The lowest BCUT2D eigenvalue weighted by Crippen LogP contribution is -2.44. The van der Waals surface area contributed by atoms with E-state index in [1.54, 1.807) is 0 Å². The molecule has 0 radical (unpaired) electrons. The number of nitrogens with one attached hydrogen (secondary N) is 1. The molecule has 0 bridgehead atoms. The summed E-state index contributed by atoms with van der Waals surface area (Å²) in [4.78, 5) is 28.5. The van der Waals surface area contributed by atoms with Crippen LogP contribution in [-0.2, 0) is 23.2 Å². The molecule has 2 aliphatic rings. The van der Waals surface area contributed by atoms with Crippen molar-refractivity contribution in [1.29, 1.82) is 0 Å². The van der Waals surface area contributed by atoms with Crippen LogP contribution in [0.25, 0.3) is 11.1 Å². The molecule has 0 fully saturated rings. The Morgan fingerprint density at radius 1 is 0.795 bits per heavy atom. The second-order valence-electron chi connectivity index (χ2n) is 10.7. The predicted molar refractivity (Wildman–Crippen MR) is 157 cm³/mol. The summed E-state index contributed by atoms with van der Waals surface area (Å²) in [7, 11) is 0. The fraction of sp³-hybridized carbons (Fsp3) is 0.257. The first-order chi connectivity index (χ1) is 19.1. The number of aryl methyl sites for hydroxylation is 1. The molecule has 6 rings (SSSR count). The monoisotopic (exact) mass is 514 g/mol. The normalized spacial score (nSPS) is 14.6. The van der Waals surface area contributed by atoms with E-state index in [-0.39, 0.29) is 11.8 Å². The lowest BCUT2D eigenvalue weighted by atomic mass is 9.73. The van der Waals surface area contributed by atoms with Crippen LogP contribution in [0.3, 0.4) is 0 Å². The van der Waals surface area contributed by atoms with Crippen molar-refractivity contribution in [3.63, 3.8) is 0 Å². The Kier molecular flexibility index (Phi) is 6.78. The molecule has 0 spiro atoms. The molecule has 1 N–H and O–H groups in total. The minimum atomic E-state index is -0.655. The molecule has 0 saturated heterocycles. The van der Waals surface area contributed by atoms with Gasteiger partial charge >= 0.3 is 0 Å². The first-order valence-electron chi connectivity index (χ1n) is 14.1. The van der Waals surface area contributed by atoms with Gasteiger partial charge < -0.3 is 10.2 Å². The van der Waals surface area contributed by atoms with E-state index >= 15 is 0 Å². The van der Waals surface area contributed by atoms with Crippen molar-refractivity contribution in [3.8, 4) is 11.1 Å². The molecule has 196 valence electrons. The third-order valence-corrected chi connectivity index (χ3v) is 8.32. The van der Waals surface area contributed by atoms with E-state index in [0.717, 1.165) is 60.0 Å². The first-order valence-corrected chi connectivity index (χ1v) is 14.1. The van der Waals surface area contributed by atoms with Gasteiger partial charge in [0.2, 0.25) is 5.91 Å². The van der Waals surface area contributed by atoms with Crippen LogP contribution in [0.4, 0.5) is 5.69 Å². The molecule has 4 nitrogen and oxygen atoms in total. The van der Waals surface area contributed by atoms with Gasteiger partial charge in [-0.25, -0.2) is 0 Å². The molecule has 4 aromatic carbocycles. The number of carbonyl (C=O) groups excluding carboxylic acids is 2. The Bertz CT molecular complexity index is 1480. The molecule has 2 amide bonds. The van der Waals surface area contributed by atoms with Crippen molar-refractivity contribution in [2.45, 2.75) is 51.0 Å². The van der Waals surface area contributed by atoms with Crippen molar-refractivity contribution >= 4 is 17.5 Å². The van der Waals surface area contributed by atoms with Crippen LogP contribution in [0.2, 0.25) is 0 Å². The second kappa shape index (κ2) is 10.5. The van der Waals surface area contributed by atoms with E-state index in [0.29, 0.717) is 13.1 Å². The highest BCUT2D eigenvalue weighted by atomic mass is 16.2. The third-order valence-electron chi connectivity index (χ3n) is 8.32. The van der Waals surface area contributed by atoms with E-state index in [2.05, 4.69) is 85.0 Å². The molecule has 0 saturated carbocycles. The summed E-state index contributed by atoms with van der Waals surface area (Å²) in [5.41, 5.74) is 8.01. The number of hydrogen-bond acceptors (Lipinski definition) is 2. The lowest BCUT2D eigenvalue weighted by Gasteiger charge is -2.31. The Balaban J connectivity index is 1.16. The van der Waals surface area contributed by atoms with E-state index < -0.39 is 5.41 Å². The highest BCUT2D eigenvalue weighted by Crippen LogP contribution is 2.51. The van der Waals surface area contributed by atoms with Gasteiger partial charge in [-0.05, 0) is 77.3 Å². The molecular formula is C35H34N2O2. The number of amides is 2. The van der Waals surface area contributed by atoms with Crippen LogP contribution in [-0.4, -0.2) is 18.4 Å². The summed E-state index contributed by atoms with van der Waals surface area (Å²) in [5.74, 6) is 0.185. The summed E-state index contributed by atoms with van der Waals surface area (Å²) in [6.45, 7) is 3.40. The molecule has 1 aliphatic carbocycles. The van der Waals surface area contributed by atoms with Gasteiger partial charge in [0.1, 0.15) is 5.41 Å². The minimum absolute atomic E-state index is 0.0714. The second-order valence-corrected chi connectivity index (χ2v) is 10.7. The molecule has 0 aromatic heterocycles. The predicted octanol–water partition coefficient (Wildman–Crippen LogP) is 7.05. The summed E-state index contributed by atoms with van der Waals surface area (Å²) >= 11 is 0. The maximum Gasteiger partial charge on any atom is 0.258 e. The fourth-order valence-electron chi connectivity index (χ4n) is 6.37. The van der Waals surface area contributed by atoms with Crippen LogP contribution in [0.5, 0.6) is 0 Å². The molecule has 4 aromatic rings. The Morgan fingerprint density at radius 2 is 1.41 bits per heavy atom. The number of rotatable bonds is 9. The first kappa shape index (κ1) is 25.1. The summed E-state index contributed by atoms with van der Waals surface area (Å²) in [6, 6.07) is 33.0. The number of anilines is 1. The largest absolute Gasteiger partial charge is 0.355 e. The molecule has 4 heteroatoms. The average molecular weight is 515 g/mol.